The molecule has 3 aliphatic rings. The van der Waals surface area contributed by atoms with Crippen LogP contribution < -0.4 is 0 Å². The molecule has 0 aliphatic carbocycles. The minimum Gasteiger partial charge on any atom is -0.293 e. The van der Waals surface area contributed by atoms with E-state index in [4.69, 9.17) is 0 Å². The van der Waals surface area contributed by atoms with Crippen LogP contribution >= 0.6 is 7.59 Å². The van der Waals surface area contributed by atoms with Crippen molar-refractivity contribution in [3.63, 3.8) is 0 Å². The average Bonchev–Trinajstić information content (AvgIpc) is 2.56. The summed E-state index contributed by atoms with van der Waals surface area (Å²) in [4.78, 5) is 0. The molecule has 3 rings (SSSR count). The number of rotatable bonds is 3. The minimum atomic E-state index is -2.86. The van der Waals surface area contributed by atoms with Gasteiger partial charge in [-0.15, -0.1) is 0 Å². The van der Waals surface area contributed by atoms with Gasteiger partial charge in [0.1, 0.15) is 0 Å². The highest BCUT2D eigenvalue weighted by Crippen LogP contribution is 2.58. The summed E-state index contributed by atoms with van der Waals surface area (Å²) in [6, 6.07) is 0. The third-order valence-electron chi connectivity index (χ3n) is 3.40. The molecule has 4 nitrogen and oxygen atoms in total. The SMILES string of the molecule is O=P(N1C=CC=CC1)(N1C=CC=CC1)N1C=CC=CC1. The Kier molecular flexibility index (Phi) is 3.66. The fraction of sp³-hybridized carbons (Fsp3) is 0.200. The maximum Gasteiger partial charge on any atom is 0.359 e. The molecule has 0 aromatic rings. The van der Waals surface area contributed by atoms with Crippen LogP contribution in [0.15, 0.2) is 73.3 Å². The van der Waals surface area contributed by atoms with Gasteiger partial charge in [-0.3, -0.25) is 14.0 Å². The zero-order valence-electron chi connectivity index (χ0n) is 11.2. The number of nitrogens with zero attached hydrogens (tertiary/aromatic N) is 3. The van der Waals surface area contributed by atoms with Gasteiger partial charge in [-0.05, 0) is 18.2 Å². The Labute approximate surface area is 119 Å². The molecule has 0 unspecified atom stereocenters. The molecule has 0 aromatic heterocycles. The van der Waals surface area contributed by atoms with E-state index in [2.05, 4.69) is 0 Å². The van der Waals surface area contributed by atoms with Gasteiger partial charge < -0.3 is 0 Å². The van der Waals surface area contributed by atoms with E-state index in [0.717, 1.165) is 0 Å². The maximum atomic E-state index is 13.8. The molecule has 0 N–H and O–H groups in total. The van der Waals surface area contributed by atoms with E-state index in [1.165, 1.54) is 0 Å². The van der Waals surface area contributed by atoms with Crippen molar-refractivity contribution in [2.45, 2.75) is 0 Å². The molecule has 0 amide bonds. The predicted octanol–water partition coefficient (Wildman–Crippen LogP) is 3.25. The largest absolute Gasteiger partial charge is 0.359 e. The standard InChI is InChI=1S/C15H18N3OP/c19-20(16-10-4-1-5-11-16,17-12-6-2-7-13-17)18-14-8-3-9-15-18/h1-10,12,14H,11,13,15H2. The highest BCUT2D eigenvalue weighted by molar-refractivity contribution is 7.57. The van der Waals surface area contributed by atoms with Gasteiger partial charge in [-0.25, -0.2) is 4.57 Å². The molecule has 0 bridgehead atoms. The summed E-state index contributed by atoms with van der Waals surface area (Å²) in [5, 5.41) is 0. The molecule has 3 aliphatic heterocycles. The Hall–Kier alpha value is -1.93. The molecular weight excluding hydrogens is 269 g/mol. The van der Waals surface area contributed by atoms with Gasteiger partial charge >= 0.3 is 7.59 Å². The lowest BCUT2D eigenvalue weighted by molar-refractivity contribution is 0.386. The first-order valence-electron chi connectivity index (χ1n) is 6.73. The molecule has 20 heavy (non-hydrogen) atoms. The first-order valence-corrected chi connectivity index (χ1v) is 8.30. The summed E-state index contributed by atoms with van der Waals surface area (Å²) in [5.41, 5.74) is 0. The first kappa shape index (κ1) is 13.1. The van der Waals surface area contributed by atoms with E-state index in [1.54, 1.807) is 0 Å². The quantitative estimate of drug-likeness (QED) is 0.744. The topological polar surface area (TPSA) is 26.8 Å². The monoisotopic (exact) mass is 287 g/mol. The predicted molar refractivity (Wildman–Crippen MR) is 82.6 cm³/mol. The summed E-state index contributed by atoms with van der Waals surface area (Å²) in [6.07, 6.45) is 23.6. The molecule has 0 saturated heterocycles. The van der Waals surface area contributed by atoms with Gasteiger partial charge in [0.05, 0.1) is 0 Å². The number of allylic oxidation sites excluding steroid dienone is 6. The lowest BCUT2D eigenvalue weighted by Gasteiger charge is -2.44. The second-order valence-electron chi connectivity index (χ2n) is 4.69. The zero-order valence-corrected chi connectivity index (χ0v) is 12.1. The van der Waals surface area contributed by atoms with Gasteiger partial charge in [0.25, 0.3) is 0 Å². The van der Waals surface area contributed by atoms with Crippen LogP contribution in [0.3, 0.4) is 0 Å². The van der Waals surface area contributed by atoms with Crippen molar-refractivity contribution < 1.29 is 4.57 Å². The minimum absolute atomic E-state index is 0.663. The van der Waals surface area contributed by atoms with E-state index < -0.39 is 7.59 Å². The van der Waals surface area contributed by atoms with Crippen LogP contribution in [-0.2, 0) is 4.57 Å². The molecule has 3 heterocycles. The average molecular weight is 287 g/mol. The fourth-order valence-electron chi connectivity index (χ4n) is 2.39. The van der Waals surface area contributed by atoms with Crippen LogP contribution in [0, 0.1) is 0 Å². The van der Waals surface area contributed by atoms with Gasteiger partial charge in [0.2, 0.25) is 0 Å². The summed E-state index contributed by atoms with van der Waals surface area (Å²) in [6.45, 7) is 1.99. The van der Waals surface area contributed by atoms with Crippen LogP contribution in [0.5, 0.6) is 0 Å². The molecule has 104 valence electrons. The van der Waals surface area contributed by atoms with Crippen LogP contribution in [0.2, 0.25) is 0 Å². The van der Waals surface area contributed by atoms with Crippen molar-refractivity contribution in [3.05, 3.63) is 73.3 Å². The highest BCUT2D eigenvalue weighted by Gasteiger charge is 2.39. The molecule has 5 heteroatoms. The highest BCUT2D eigenvalue weighted by atomic mass is 31.2. The molecule has 0 saturated carbocycles. The van der Waals surface area contributed by atoms with E-state index in [0.29, 0.717) is 19.6 Å². The van der Waals surface area contributed by atoms with Crippen LogP contribution in [-0.4, -0.2) is 33.6 Å². The summed E-state index contributed by atoms with van der Waals surface area (Å²) in [7, 11) is -2.86. The second-order valence-corrected chi connectivity index (χ2v) is 7.26. The van der Waals surface area contributed by atoms with Crippen LogP contribution in [0.4, 0.5) is 0 Å². The molecular formula is C15H18N3OP. The Morgan fingerprint density at radius 1 is 0.600 bits per heavy atom. The van der Waals surface area contributed by atoms with E-state index in [9.17, 15) is 4.57 Å². The summed E-state index contributed by atoms with van der Waals surface area (Å²) >= 11 is 0. The molecule has 0 spiro atoms. The van der Waals surface area contributed by atoms with Gasteiger partial charge in [0.15, 0.2) is 0 Å². The second kappa shape index (κ2) is 5.59. The molecule has 0 radical (unpaired) electrons. The van der Waals surface area contributed by atoms with Crippen molar-refractivity contribution in [2.75, 3.05) is 19.6 Å². The number of hydrogen-bond donors (Lipinski definition) is 0. The van der Waals surface area contributed by atoms with Crippen molar-refractivity contribution in [2.24, 2.45) is 0 Å². The van der Waals surface area contributed by atoms with E-state index in [-0.39, 0.29) is 0 Å². The van der Waals surface area contributed by atoms with Crippen molar-refractivity contribution in [1.29, 1.82) is 0 Å². The van der Waals surface area contributed by atoms with Crippen molar-refractivity contribution in [3.8, 4) is 0 Å². The zero-order chi connectivity index (χ0) is 13.8. The van der Waals surface area contributed by atoms with Gasteiger partial charge in [0, 0.05) is 38.2 Å². The van der Waals surface area contributed by atoms with Crippen LogP contribution in [0.1, 0.15) is 0 Å². The Morgan fingerprint density at radius 3 is 1.20 bits per heavy atom. The first-order chi connectivity index (χ1) is 9.82. The van der Waals surface area contributed by atoms with E-state index in [1.807, 2.05) is 87.3 Å². The Bertz CT molecular complexity index is 505. The van der Waals surface area contributed by atoms with E-state index >= 15 is 0 Å². The molecule has 0 atom stereocenters. The lowest BCUT2D eigenvalue weighted by atomic mass is 10.4. The summed E-state index contributed by atoms with van der Waals surface area (Å²) < 4.78 is 19.6. The van der Waals surface area contributed by atoms with Gasteiger partial charge in [-0.1, -0.05) is 36.5 Å². The van der Waals surface area contributed by atoms with Crippen LogP contribution in [0.25, 0.3) is 0 Å². The summed E-state index contributed by atoms with van der Waals surface area (Å²) in [5.74, 6) is 0. The fourth-order valence-corrected chi connectivity index (χ4v) is 4.95. The third-order valence-corrected chi connectivity index (χ3v) is 6.30. The Balaban J connectivity index is 1.95. The van der Waals surface area contributed by atoms with Gasteiger partial charge in [-0.2, -0.15) is 0 Å². The van der Waals surface area contributed by atoms with Crippen molar-refractivity contribution >= 4 is 7.59 Å². The smallest absolute Gasteiger partial charge is 0.293 e. The Morgan fingerprint density at radius 2 is 0.950 bits per heavy atom. The third kappa shape index (κ3) is 2.27. The lowest BCUT2D eigenvalue weighted by Crippen LogP contribution is -2.36. The molecule has 0 fully saturated rings. The number of hydrogen-bond acceptors (Lipinski definition) is 1. The normalized spacial score (nSPS) is 21.1. The maximum absolute atomic E-state index is 13.8. The van der Waals surface area contributed by atoms with Crippen molar-refractivity contribution in [1.82, 2.24) is 14.0 Å². The molecule has 0 aromatic carbocycles.